The summed E-state index contributed by atoms with van der Waals surface area (Å²) >= 11 is 0. The minimum absolute atomic E-state index is 0.00281. The largest absolute Gasteiger partial charge is 0.450 e. The number of benzene rings is 1. The van der Waals surface area contributed by atoms with Crippen molar-refractivity contribution in [3.63, 3.8) is 0 Å². The van der Waals surface area contributed by atoms with E-state index in [9.17, 15) is 14.4 Å². The van der Waals surface area contributed by atoms with Crippen molar-refractivity contribution in [2.75, 3.05) is 39.3 Å². The van der Waals surface area contributed by atoms with Gasteiger partial charge in [0.15, 0.2) is 0 Å². The first-order valence-electron chi connectivity index (χ1n) is 14.8. The Morgan fingerprint density at radius 1 is 1.00 bits per heavy atom. The molecule has 2 saturated heterocycles. The number of piperidine rings is 1. The van der Waals surface area contributed by atoms with Gasteiger partial charge in [-0.3, -0.25) is 9.59 Å². The second-order valence-electron chi connectivity index (χ2n) is 10.7. The third-order valence-electron chi connectivity index (χ3n) is 7.92. The van der Waals surface area contributed by atoms with E-state index in [-0.39, 0.29) is 17.9 Å². The van der Waals surface area contributed by atoms with Crippen LogP contribution in [-0.2, 0) is 20.7 Å². The molecule has 0 radical (unpaired) electrons. The number of piperazine rings is 1. The number of likely N-dealkylation sites (tertiary alicyclic amines) is 1. The molecule has 2 aliphatic rings. The number of carbonyl (C=O) groups excluding carboxylic acids is 3. The molecule has 38 heavy (non-hydrogen) atoms. The summed E-state index contributed by atoms with van der Waals surface area (Å²) in [4.78, 5) is 43.0. The summed E-state index contributed by atoms with van der Waals surface area (Å²) in [7, 11) is 0. The highest BCUT2D eigenvalue weighted by molar-refractivity contribution is 6.00. The number of hydrogen-bond donors (Lipinski definition) is 2. The zero-order valence-electron chi connectivity index (χ0n) is 23.5. The first-order valence-corrected chi connectivity index (χ1v) is 14.8. The van der Waals surface area contributed by atoms with Gasteiger partial charge in [-0.05, 0) is 56.9 Å². The molecule has 1 aromatic carbocycles. The van der Waals surface area contributed by atoms with E-state index >= 15 is 0 Å². The highest BCUT2D eigenvalue weighted by Gasteiger charge is 2.52. The van der Waals surface area contributed by atoms with Gasteiger partial charge in [-0.2, -0.15) is 0 Å². The molecule has 3 rings (SSSR count). The topological polar surface area (TPSA) is 91.0 Å². The summed E-state index contributed by atoms with van der Waals surface area (Å²) < 4.78 is 5.19. The molecule has 0 saturated carbocycles. The molecule has 0 unspecified atom stereocenters. The summed E-state index contributed by atoms with van der Waals surface area (Å²) in [6.45, 7) is 8.38. The number of ether oxygens (including phenoxy) is 1. The summed E-state index contributed by atoms with van der Waals surface area (Å²) in [6.07, 6.45) is 9.14. The minimum atomic E-state index is -0.727. The molecule has 2 heterocycles. The fraction of sp³-hybridized carbons (Fsp3) is 0.700. The number of nitrogens with zero attached hydrogens (tertiary/aromatic N) is 2. The molecular formula is C30H48N4O4. The number of amides is 3. The van der Waals surface area contributed by atoms with E-state index in [1.54, 1.807) is 0 Å². The van der Waals surface area contributed by atoms with Gasteiger partial charge in [0, 0.05) is 32.7 Å². The molecule has 212 valence electrons. The van der Waals surface area contributed by atoms with Gasteiger partial charge in [-0.15, -0.1) is 0 Å². The van der Waals surface area contributed by atoms with Crippen LogP contribution in [-0.4, -0.2) is 78.6 Å². The van der Waals surface area contributed by atoms with Crippen molar-refractivity contribution in [1.29, 1.82) is 0 Å². The zero-order chi connectivity index (χ0) is 27.2. The number of nitrogens with one attached hydrogen (secondary N) is 2. The van der Waals surface area contributed by atoms with Gasteiger partial charge in [0.25, 0.3) is 0 Å². The predicted molar refractivity (Wildman–Crippen MR) is 150 cm³/mol. The number of rotatable bonds is 15. The molecule has 2 aliphatic heterocycles. The van der Waals surface area contributed by atoms with Crippen LogP contribution in [0.15, 0.2) is 30.3 Å². The molecule has 0 bridgehead atoms. The summed E-state index contributed by atoms with van der Waals surface area (Å²) in [5.74, 6) is 0.0478. The second-order valence-corrected chi connectivity index (χ2v) is 10.7. The zero-order valence-corrected chi connectivity index (χ0v) is 23.5. The Kier molecular flexibility index (Phi) is 12.4. The van der Waals surface area contributed by atoms with Crippen molar-refractivity contribution in [1.82, 2.24) is 20.4 Å². The van der Waals surface area contributed by atoms with Crippen LogP contribution in [0.1, 0.15) is 83.6 Å². The number of unbranched alkanes of at least 4 members (excludes halogenated alkanes) is 4. The van der Waals surface area contributed by atoms with E-state index < -0.39 is 11.6 Å². The van der Waals surface area contributed by atoms with Crippen LogP contribution in [0.25, 0.3) is 0 Å². The third kappa shape index (κ3) is 8.45. The van der Waals surface area contributed by atoms with Crippen LogP contribution < -0.4 is 10.6 Å². The summed E-state index contributed by atoms with van der Waals surface area (Å²) in [5.41, 5.74) is 0.596. The van der Waals surface area contributed by atoms with Crippen molar-refractivity contribution in [3.05, 3.63) is 35.9 Å². The Balaban J connectivity index is 1.42. The lowest BCUT2D eigenvalue weighted by Crippen LogP contribution is -2.72. The first kappa shape index (κ1) is 29.9. The van der Waals surface area contributed by atoms with Crippen LogP contribution >= 0.6 is 0 Å². The highest BCUT2D eigenvalue weighted by atomic mass is 16.5. The van der Waals surface area contributed by atoms with Crippen molar-refractivity contribution in [2.24, 2.45) is 0 Å². The highest BCUT2D eigenvalue weighted by Crippen LogP contribution is 2.34. The maximum absolute atomic E-state index is 13.5. The molecule has 8 heteroatoms. The quantitative estimate of drug-likeness (QED) is 0.332. The normalized spacial score (nSPS) is 19.4. The summed E-state index contributed by atoms with van der Waals surface area (Å²) in [5, 5.41) is 5.85. The summed E-state index contributed by atoms with van der Waals surface area (Å²) in [6, 6.07) is 9.99. The monoisotopic (exact) mass is 528 g/mol. The first-order chi connectivity index (χ1) is 18.5. The third-order valence-corrected chi connectivity index (χ3v) is 7.92. The Hall–Kier alpha value is -2.61. The SMILES string of the molecule is CCCCCCOC(=O)NCCCC[C@@H]1NC(=O)C2(CCN(CCc3ccccc3)CC2)N(CCC)C1=O. The molecule has 3 amide bonds. The van der Waals surface area contributed by atoms with Crippen molar-refractivity contribution >= 4 is 17.9 Å². The molecule has 1 aromatic rings. The standard InChI is InChI=1S/C30H48N4O4/c1-3-5-6-12-24-38-29(37)31-19-11-10-15-26-27(35)34(20-4-2)30(28(36)32-26)17-22-33(23-18-30)21-16-25-13-8-7-9-14-25/h7-9,13-14,26H,3-6,10-12,15-24H2,1-2H3,(H,31,37)(H,32,36)/t26-/m0/s1. The average molecular weight is 529 g/mol. The van der Waals surface area contributed by atoms with Crippen LogP contribution in [0, 0.1) is 0 Å². The van der Waals surface area contributed by atoms with E-state index in [4.69, 9.17) is 4.74 Å². The molecule has 0 aliphatic carbocycles. The van der Waals surface area contributed by atoms with Crippen molar-refractivity contribution in [3.8, 4) is 0 Å². The lowest BCUT2D eigenvalue weighted by Gasteiger charge is -2.51. The van der Waals surface area contributed by atoms with Gasteiger partial charge in [0.05, 0.1) is 6.61 Å². The lowest BCUT2D eigenvalue weighted by molar-refractivity contribution is -0.161. The maximum Gasteiger partial charge on any atom is 0.407 e. The predicted octanol–water partition coefficient (Wildman–Crippen LogP) is 4.28. The van der Waals surface area contributed by atoms with E-state index in [2.05, 4.69) is 53.6 Å². The Morgan fingerprint density at radius 3 is 2.47 bits per heavy atom. The lowest BCUT2D eigenvalue weighted by atomic mass is 9.81. The molecular weight excluding hydrogens is 480 g/mol. The smallest absolute Gasteiger partial charge is 0.407 e. The van der Waals surface area contributed by atoms with E-state index in [1.165, 1.54) is 5.56 Å². The van der Waals surface area contributed by atoms with Gasteiger partial charge in [0.2, 0.25) is 11.8 Å². The fourth-order valence-corrected chi connectivity index (χ4v) is 5.60. The Labute approximate surface area is 228 Å². The number of alkyl carbamates (subject to hydrolysis) is 1. The van der Waals surface area contributed by atoms with Gasteiger partial charge in [0.1, 0.15) is 11.6 Å². The van der Waals surface area contributed by atoms with Crippen LogP contribution in [0.2, 0.25) is 0 Å². The molecule has 1 spiro atoms. The molecule has 0 aromatic heterocycles. The van der Waals surface area contributed by atoms with Gasteiger partial charge in [-0.25, -0.2) is 4.79 Å². The van der Waals surface area contributed by atoms with E-state index in [0.717, 1.165) is 71.0 Å². The maximum atomic E-state index is 13.5. The second kappa shape index (κ2) is 15.7. The van der Waals surface area contributed by atoms with E-state index in [1.807, 2.05) is 11.0 Å². The van der Waals surface area contributed by atoms with Crippen molar-refractivity contribution < 1.29 is 19.1 Å². The molecule has 2 fully saturated rings. The van der Waals surface area contributed by atoms with Gasteiger partial charge in [-0.1, -0.05) is 63.4 Å². The number of hydrogen-bond acceptors (Lipinski definition) is 5. The van der Waals surface area contributed by atoms with E-state index in [0.29, 0.717) is 39.0 Å². The van der Waals surface area contributed by atoms with Crippen LogP contribution in [0.5, 0.6) is 0 Å². The van der Waals surface area contributed by atoms with Gasteiger partial charge < -0.3 is 25.2 Å². The van der Waals surface area contributed by atoms with Crippen LogP contribution in [0.3, 0.4) is 0 Å². The minimum Gasteiger partial charge on any atom is -0.450 e. The Morgan fingerprint density at radius 2 is 1.76 bits per heavy atom. The fourth-order valence-electron chi connectivity index (χ4n) is 5.60. The number of carbonyl (C=O) groups is 3. The van der Waals surface area contributed by atoms with Gasteiger partial charge >= 0.3 is 6.09 Å². The van der Waals surface area contributed by atoms with Crippen LogP contribution in [0.4, 0.5) is 4.79 Å². The Bertz CT molecular complexity index is 870. The molecule has 8 nitrogen and oxygen atoms in total. The molecule has 1 atom stereocenters. The average Bonchev–Trinajstić information content (AvgIpc) is 2.93. The molecule has 2 N–H and O–H groups in total. The van der Waals surface area contributed by atoms with Crippen molar-refractivity contribution in [2.45, 2.75) is 96.1 Å².